The Morgan fingerprint density at radius 1 is 1.02 bits per heavy atom. The van der Waals surface area contributed by atoms with E-state index in [0.717, 1.165) is 63.5 Å². The largest absolute Gasteiger partial charge is 0.368 e. The predicted molar refractivity (Wildman–Crippen MR) is 180 cm³/mol. The average Bonchev–Trinajstić information content (AvgIpc) is 3.55. The van der Waals surface area contributed by atoms with Gasteiger partial charge in [0.15, 0.2) is 0 Å². The number of benzene rings is 1. The number of hydrogen-bond donors (Lipinski definition) is 0. The minimum absolute atomic E-state index is 0.0152. The summed E-state index contributed by atoms with van der Waals surface area (Å²) in [7, 11) is 8.28. The summed E-state index contributed by atoms with van der Waals surface area (Å²) in [5.74, 6) is 1.83. The monoisotopic (exact) mass is 611 g/mol. The van der Waals surface area contributed by atoms with Crippen molar-refractivity contribution in [1.82, 2.24) is 24.7 Å². The van der Waals surface area contributed by atoms with Crippen molar-refractivity contribution in [3.05, 3.63) is 53.2 Å². The van der Waals surface area contributed by atoms with Crippen LogP contribution in [-0.2, 0) is 24.1 Å². The van der Waals surface area contributed by atoms with Crippen LogP contribution in [0.2, 0.25) is 0 Å². The predicted octanol–water partition coefficient (Wildman–Crippen LogP) is 2.98. The molecule has 1 aromatic heterocycles. The molecule has 2 saturated heterocycles. The van der Waals surface area contributed by atoms with E-state index in [-0.39, 0.29) is 11.9 Å². The maximum Gasteiger partial charge on any atom is 0.246 e. The number of amides is 1. The zero-order valence-electron chi connectivity index (χ0n) is 27.5. The third kappa shape index (κ3) is 6.80. The number of para-hydroxylation sites is 1. The molecular formula is C35H49N9O. The SMILES string of the molecule is CN(C)CC=CC(=O)N1CCN(c2nc(N3CCC(N(C)C)C3)nc3c2CCC(N2CCCc4ccccc42)C3)CC1CC#N. The Balaban J connectivity index is 1.29. The number of likely N-dealkylation sites (N-methyl/N-ethyl adjacent to an activating group) is 2. The highest BCUT2D eigenvalue weighted by molar-refractivity contribution is 5.88. The molecule has 0 N–H and O–H groups in total. The van der Waals surface area contributed by atoms with E-state index in [1.54, 1.807) is 6.08 Å². The fourth-order valence-electron chi connectivity index (χ4n) is 7.60. The number of aromatic nitrogens is 2. The molecule has 0 bridgehead atoms. The van der Waals surface area contributed by atoms with Crippen molar-refractivity contribution in [2.75, 3.05) is 88.7 Å². The molecule has 3 atom stereocenters. The molecule has 2 aromatic rings. The molecule has 1 amide bonds. The molecule has 10 nitrogen and oxygen atoms in total. The molecule has 3 unspecified atom stereocenters. The molecule has 240 valence electrons. The highest BCUT2D eigenvalue weighted by atomic mass is 16.2. The lowest BCUT2D eigenvalue weighted by molar-refractivity contribution is -0.128. The van der Waals surface area contributed by atoms with Crippen LogP contribution in [0.5, 0.6) is 0 Å². The Bertz CT molecular complexity index is 1430. The first-order valence-corrected chi connectivity index (χ1v) is 16.7. The van der Waals surface area contributed by atoms with Gasteiger partial charge in [0, 0.05) is 81.6 Å². The third-order valence-electron chi connectivity index (χ3n) is 10.1. The van der Waals surface area contributed by atoms with Gasteiger partial charge in [-0.15, -0.1) is 0 Å². The van der Waals surface area contributed by atoms with E-state index >= 15 is 0 Å². The van der Waals surface area contributed by atoms with Gasteiger partial charge in [0.1, 0.15) is 5.82 Å². The number of carbonyl (C=O) groups excluding carboxylic acids is 1. The summed E-state index contributed by atoms with van der Waals surface area (Å²) < 4.78 is 0. The fourth-order valence-corrected chi connectivity index (χ4v) is 7.60. The minimum Gasteiger partial charge on any atom is -0.368 e. The van der Waals surface area contributed by atoms with E-state index < -0.39 is 0 Å². The van der Waals surface area contributed by atoms with E-state index in [9.17, 15) is 10.1 Å². The Labute approximate surface area is 268 Å². The molecule has 4 heterocycles. The third-order valence-corrected chi connectivity index (χ3v) is 10.1. The number of aryl methyl sites for hydroxylation is 1. The van der Waals surface area contributed by atoms with Crippen LogP contribution in [-0.4, -0.2) is 123 Å². The lowest BCUT2D eigenvalue weighted by Crippen LogP contribution is -2.55. The molecule has 45 heavy (non-hydrogen) atoms. The van der Waals surface area contributed by atoms with Gasteiger partial charge in [-0.25, -0.2) is 4.98 Å². The highest BCUT2D eigenvalue weighted by Gasteiger charge is 2.36. The zero-order chi connectivity index (χ0) is 31.5. The van der Waals surface area contributed by atoms with Crippen LogP contribution in [0, 0.1) is 11.3 Å². The lowest BCUT2D eigenvalue weighted by atomic mass is 9.88. The van der Waals surface area contributed by atoms with Crippen molar-refractivity contribution in [3.8, 4) is 6.07 Å². The second-order valence-corrected chi connectivity index (χ2v) is 13.6. The van der Waals surface area contributed by atoms with Gasteiger partial charge >= 0.3 is 0 Å². The summed E-state index contributed by atoms with van der Waals surface area (Å²) in [6.45, 7) is 5.54. The van der Waals surface area contributed by atoms with E-state index in [0.29, 0.717) is 44.7 Å². The molecule has 2 fully saturated rings. The molecule has 0 saturated carbocycles. The standard InChI is InChI=1S/C35H49N9O/c1-39(2)18-8-12-33(45)44-22-21-41(25-29(44)15-17-36)34-30-14-13-27(43-19-7-10-26-9-5-6-11-32(26)43)23-31(30)37-35(38-34)42-20-16-28(24-42)40(3)4/h5-6,8-9,11-12,27-29H,7,10,13-16,18-25H2,1-4H3. The number of hydrogen-bond acceptors (Lipinski definition) is 9. The number of nitriles is 1. The average molecular weight is 612 g/mol. The van der Waals surface area contributed by atoms with Gasteiger partial charge in [-0.05, 0) is 71.9 Å². The Morgan fingerprint density at radius 3 is 2.64 bits per heavy atom. The number of carbonyl (C=O) groups is 1. The smallest absolute Gasteiger partial charge is 0.246 e. The quantitative estimate of drug-likeness (QED) is 0.419. The molecule has 1 aliphatic carbocycles. The van der Waals surface area contributed by atoms with Crippen LogP contribution in [0.4, 0.5) is 17.5 Å². The lowest BCUT2D eigenvalue weighted by Gasteiger charge is -2.43. The number of nitrogens with zero attached hydrogens (tertiary/aromatic N) is 9. The number of anilines is 3. The molecule has 0 spiro atoms. The van der Waals surface area contributed by atoms with Crippen LogP contribution in [0.15, 0.2) is 36.4 Å². The second kappa shape index (κ2) is 13.8. The summed E-state index contributed by atoms with van der Waals surface area (Å²) in [6, 6.07) is 12.0. The summed E-state index contributed by atoms with van der Waals surface area (Å²) in [5, 5.41) is 9.72. The van der Waals surface area contributed by atoms with E-state index in [2.05, 4.69) is 64.0 Å². The highest BCUT2D eigenvalue weighted by Crippen LogP contribution is 2.37. The Morgan fingerprint density at radius 2 is 1.87 bits per heavy atom. The van der Waals surface area contributed by atoms with Crippen molar-refractivity contribution >= 4 is 23.4 Å². The summed E-state index contributed by atoms with van der Waals surface area (Å²) >= 11 is 0. The number of piperazine rings is 1. The summed E-state index contributed by atoms with van der Waals surface area (Å²) in [6.07, 6.45) is 10.2. The summed E-state index contributed by atoms with van der Waals surface area (Å²) in [5.41, 5.74) is 5.27. The molecule has 3 aliphatic heterocycles. The first-order chi connectivity index (χ1) is 21.8. The summed E-state index contributed by atoms with van der Waals surface area (Å²) in [4.78, 5) is 37.3. The van der Waals surface area contributed by atoms with Crippen molar-refractivity contribution in [2.45, 2.75) is 63.1 Å². The van der Waals surface area contributed by atoms with Crippen molar-refractivity contribution < 1.29 is 4.79 Å². The molecule has 6 rings (SSSR count). The van der Waals surface area contributed by atoms with E-state index in [4.69, 9.17) is 9.97 Å². The van der Waals surface area contributed by atoms with Crippen molar-refractivity contribution in [3.63, 3.8) is 0 Å². The van der Waals surface area contributed by atoms with Gasteiger partial charge in [-0.1, -0.05) is 24.3 Å². The van der Waals surface area contributed by atoms with Gasteiger partial charge in [0.05, 0.1) is 24.2 Å². The molecule has 1 aromatic carbocycles. The van der Waals surface area contributed by atoms with Gasteiger partial charge in [0.2, 0.25) is 11.9 Å². The van der Waals surface area contributed by atoms with Crippen LogP contribution in [0.1, 0.15) is 42.5 Å². The Kier molecular flexibility index (Phi) is 9.57. The molecule has 0 radical (unpaired) electrons. The van der Waals surface area contributed by atoms with E-state index in [1.807, 2.05) is 30.0 Å². The zero-order valence-corrected chi connectivity index (χ0v) is 27.5. The normalized spacial score (nSPS) is 23.5. The van der Waals surface area contributed by atoms with Gasteiger partial charge in [-0.3, -0.25) is 4.79 Å². The van der Waals surface area contributed by atoms with Crippen molar-refractivity contribution in [2.24, 2.45) is 0 Å². The Hall–Kier alpha value is -3.68. The molecule has 10 heteroatoms. The van der Waals surface area contributed by atoms with Crippen LogP contribution >= 0.6 is 0 Å². The maximum absolute atomic E-state index is 13.2. The second-order valence-electron chi connectivity index (χ2n) is 13.6. The number of rotatable bonds is 8. The fraction of sp³-hybridized carbons (Fsp3) is 0.600. The van der Waals surface area contributed by atoms with Gasteiger partial charge in [0.25, 0.3) is 0 Å². The first kappa shape index (κ1) is 31.3. The number of fused-ring (bicyclic) bond motifs is 2. The topological polar surface area (TPSA) is 86.1 Å². The molecular weight excluding hydrogens is 562 g/mol. The van der Waals surface area contributed by atoms with Crippen LogP contribution in [0.25, 0.3) is 0 Å². The maximum atomic E-state index is 13.2. The van der Waals surface area contributed by atoms with E-state index in [1.165, 1.54) is 28.9 Å². The minimum atomic E-state index is -0.180. The van der Waals surface area contributed by atoms with Gasteiger partial charge < -0.3 is 29.4 Å². The van der Waals surface area contributed by atoms with Crippen molar-refractivity contribution in [1.29, 1.82) is 5.26 Å². The first-order valence-electron chi connectivity index (χ1n) is 16.7. The van der Waals surface area contributed by atoms with Gasteiger partial charge in [-0.2, -0.15) is 10.2 Å². The van der Waals surface area contributed by atoms with Crippen LogP contribution < -0.4 is 14.7 Å². The molecule has 4 aliphatic rings. The van der Waals surface area contributed by atoms with Crippen LogP contribution in [0.3, 0.4) is 0 Å².